The van der Waals surface area contributed by atoms with Crippen LogP contribution in [0.4, 0.5) is 5.69 Å². The van der Waals surface area contributed by atoms with Gasteiger partial charge in [0.15, 0.2) is 0 Å². The van der Waals surface area contributed by atoms with E-state index in [1.54, 1.807) is 29.2 Å². The SMILES string of the molecule is NCc1cnn(-c2ccc([N+](=O)[O-])cc2)c1. The highest BCUT2D eigenvalue weighted by Gasteiger charge is 2.05. The zero-order valence-electron chi connectivity index (χ0n) is 8.41. The van der Waals surface area contributed by atoms with Gasteiger partial charge in [-0.2, -0.15) is 5.10 Å². The number of rotatable bonds is 3. The predicted octanol–water partition coefficient (Wildman–Crippen LogP) is 1.24. The summed E-state index contributed by atoms with van der Waals surface area (Å²) in [4.78, 5) is 10.0. The van der Waals surface area contributed by atoms with Gasteiger partial charge in [0, 0.05) is 30.4 Å². The Balaban J connectivity index is 2.30. The normalized spacial score (nSPS) is 10.3. The van der Waals surface area contributed by atoms with Crippen LogP contribution >= 0.6 is 0 Å². The van der Waals surface area contributed by atoms with Crippen LogP contribution in [0.15, 0.2) is 36.7 Å². The first-order chi connectivity index (χ1) is 7.70. The Morgan fingerprint density at radius 1 is 1.38 bits per heavy atom. The van der Waals surface area contributed by atoms with Crippen molar-refractivity contribution in [3.63, 3.8) is 0 Å². The molecule has 0 unspecified atom stereocenters. The van der Waals surface area contributed by atoms with E-state index in [0.717, 1.165) is 11.3 Å². The van der Waals surface area contributed by atoms with Crippen LogP contribution < -0.4 is 5.73 Å². The third-order valence-electron chi connectivity index (χ3n) is 2.20. The summed E-state index contributed by atoms with van der Waals surface area (Å²) in [7, 11) is 0. The average molecular weight is 218 g/mol. The Bertz CT molecular complexity index is 504. The number of hydrogen-bond acceptors (Lipinski definition) is 4. The number of nitrogens with two attached hydrogens (primary N) is 1. The largest absolute Gasteiger partial charge is 0.326 e. The van der Waals surface area contributed by atoms with Gasteiger partial charge in [-0.3, -0.25) is 10.1 Å². The van der Waals surface area contributed by atoms with E-state index in [2.05, 4.69) is 5.10 Å². The second kappa shape index (κ2) is 4.11. The van der Waals surface area contributed by atoms with Gasteiger partial charge in [-0.25, -0.2) is 4.68 Å². The second-order valence-electron chi connectivity index (χ2n) is 3.27. The van der Waals surface area contributed by atoms with Gasteiger partial charge >= 0.3 is 0 Å². The lowest BCUT2D eigenvalue weighted by molar-refractivity contribution is -0.384. The molecule has 0 aliphatic carbocycles. The Morgan fingerprint density at radius 3 is 2.56 bits per heavy atom. The number of nitrogens with zero attached hydrogens (tertiary/aromatic N) is 3. The van der Waals surface area contributed by atoms with Crippen molar-refractivity contribution >= 4 is 5.69 Å². The fraction of sp³-hybridized carbons (Fsp3) is 0.100. The van der Waals surface area contributed by atoms with Crippen molar-refractivity contribution in [1.82, 2.24) is 9.78 Å². The molecular weight excluding hydrogens is 208 g/mol. The first kappa shape index (κ1) is 10.3. The molecule has 6 nitrogen and oxygen atoms in total. The van der Waals surface area contributed by atoms with E-state index in [1.807, 2.05) is 0 Å². The summed E-state index contributed by atoms with van der Waals surface area (Å²) in [5.41, 5.74) is 7.21. The molecule has 82 valence electrons. The molecule has 6 heteroatoms. The summed E-state index contributed by atoms with van der Waals surface area (Å²) in [6.45, 7) is 0.424. The molecule has 0 spiro atoms. The van der Waals surface area contributed by atoms with Crippen LogP contribution in [0.1, 0.15) is 5.56 Å². The fourth-order valence-electron chi connectivity index (χ4n) is 1.33. The summed E-state index contributed by atoms with van der Waals surface area (Å²) < 4.78 is 1.63. The maximum Gasteiger partial charge on any atom is 0.269 e. The van der Waals surface area contributed by atoms with E-state index in [9.17, 15) is 10.1 Å². The second-order valence-corrected chi connectivity index (χ2v) is 3.27. The molecule has 0 radical (unpaired) electrons. The molecule has 0 atom stereocenters. The third-order valence-corrected chi connectivity index (χ3v) is 2.20. The van der Waals surface area contributed by atoms with E-state index >= 15 is 0 Å². The molecule has 16 heavy (non-hydrogen) atoms. The number of non-ortho nitro benzene ring substituents is 1. The number of benzene rings is 1. The Hall–Kier alpha value is -2.21. The highest BCUT2D eigenvalue weighted by molar-refractivity contribution is 5.40. The maximum absolute atomic E-state index is 10.5. The molecule has 0 fully saturated rings. The van der Waals surface area contributed by atoms with Crippen molar-refractivity contribution in [2.75, 3.05) is 0 Å². The van der Waals surface area contributed by atoms with Crippen molar-refractivity contribution in [3.05, 3.63) is 52.3 Å². The van der Waals surface area contributed by atoms with Crippen molar-refractivity contribution in [2.24, 2.45) is 5.73 Å². The van der Waals surface area contributed by atoms with Gasteiger partial charge in [-0.05, 0) is 12.1 Å². The van der Waals surface area contributed by atoms with Crippen LogP contribution in [0.3, 0.4) is 0 Å². The zero-order chi connectivity index (χ0) is 11.5. The van der Waals surface area contributed by atoms with Crippen LogP contribution in [0, 0.1) is 10.1 Å². The molecule has 0 amide bonds. The quantitative estimate of drug-likeness (QED) is 0.620. The van der Waals surface area contributed by atoms with E-state index < -0.39 is 4.92 Å². The van der Waals surface area contributed by atoms with Gasteiger partial charge in [0.05, 0.1) is 16.8 Å². The third kappa shape index (κ3) is 1.91. The van der Waals surface area contributed by atoms with Crippen LogP contribution in [0.5, 0.6) is 0 Å². The molecule has 2 aromatic rings. The summed E-state index contributed by atoms with van der Waals surface area (Å²) in [6.07, 6.45) is 3.46. The summed E-state index contributed by atoms with van der Waals surface area (Å²) >= 11 is 0. The van der Waals surface area contributed by atoms with E-state index in [-0.39, 0.29) is 5.69 Å². The van der Waals surface area contributed by atoms with Crippen molar-refractivity contribution in [1.29, 1.82) is 0 Å². The standard InChI is InChI=1S/C10H10N4O2/c11-5-8-6-12-13(7-8)9-1-3-10(4-2-9)14(15)16/h1-4,6-7H,5,11H2. The maximum atomic E-state index is 10.5. The lowest BCUT2D eigenvalue weighted by Gasteiger charge is -1.99. The van der Waals surface area contributed by atoms with Crippen LogP contribution in [-0.2, 0) is 6.54 Å². The highest BCUT2D eigenvalue weighted by Crippen LogP contribution is 2.14. The summed E-state index contributed by atoms with van der Waals surface area (Å²) in [6, 6.07) is 6.18. The Morgan fingerprint density at radius 2 is 2.06 bits per heavy atom. The minimum atomic E-state index is -0.432. The smallest absolute Gasteiger partial charge is 0.269 e. The molecular formula is C10H10N4O2. The molecule has 0 bridgehead atoms. The minimum Gasteiger partial charge on any atom is -0.326 e. The number of nitro benzene ring substituents is 1. The monoisotopic (exact) mass is 218 g/mol. The van der Waals surface area contributed by atoms with Crippen LogP contribution in [-0.4, -0.2) is 14.7 Å². The first-order valence-corrected chi connectivity index (χ1v) is 4.69. The lowest BCUT2D eigenvalue weighted by atomic mass is 10.3. The molecule has 0 saturated heterocycles. The lowest BCUT2D eigenvalue weighted by Crippen LogP contribution is -1.96. The topological polar surface area (TPSA) is 87.0 Å². The molecule has 1 aromatic carbocycles. The van der Waals surface area contributed by atoms with Gasteiger partial charge < -0.3 is 5.73 Å². The fourth-order valence-corrected chi connectivity index (χ4v) is 1.33. The number of aromatic nitrogens is 2. The van der Waals surface area contributed by atoms with E-state index in [0.29, 0.717) is 6.54 Å². The van der Waals surface area contributed by atoms with E-state index in [4.69, 9.17) is 5.73 Å². The molecule has 1 aromatic heterocycles. The van der Waals surface area contributed by atoms with Crippen LogP contribution in [0.25, 0.3) is 5.69 Å². The molecule has 0 saturated carbocycles. The van der Waals surface area contributed by atoms with Crippen molar-refractivity contribution in [3.8, 4) is 5.69 Å². The van der Waals surface area contributed by atoms with E-state index in [1.165, 1.54) is 12.1 Å². The average Bonchev–Trinajstić information content (AvgIpc) is 2.77. The Kier molecular flexibility index (Phi) is 2.65. The van der Waals surface area contributed by atoms with Gasteiger partial charge in [0.25, 0.3) is 5.69 Å². The summed E-state index contributed by atoms with van der Waals surface area (Å²) in [5, 5.41) is 14.6. The zero-order valence-corrected chi connectivity index (χ0v) is 8.41. The molecule has 1 heterocycles. The molecule has 0 aliphatic rings. The first-order valence-electron chi connectivity index (χ1n) is 4.69. The van der Waals surface area contributed by atoms with Crippen molar-refractivity contribution < 1.29 is 4.92 Å². The highest BCUT2D eigenvalue weighted by atomic mass is 16.6. The molecule has 0 aliphatic heterocycles. The van der Waals surface area contributed by atoms with Gasteiger partial charge in [-0.15, -0.1) is 0 Å². The minimum absolute atomic E-state index is 0.0648. The molecule has 2 N–H and O–H groups in total. The predicted molar refractivity (Wildman–Crippen MR) is 58.1 cm³/mol. The number of nitro groups is 1. The Labute approximate surface area is 91.5 Å². The van der Waals surface area contributed by atoms with Crippen molar-refractivity contribution in [2.45, 2.75) is 6.54 Å². The van der Waals surface area contributed by atoms with Gasteiger partial charge in [0.2, 0.25) is 0 Å². The summed E-state index contributed by atoms with van der Waals surface area (Å²) in [5.74, 6) is 0. The van der Waals surface area contributed by atoms with Gasteiger partial charge in [0.1, 0.15) is 0 Å². The number of hydrogen-bond donors (Lipinski definition) is 1. The van der Waals surface area contributed by atoms with Crippen LogP contribution in [0.2, 0.25) is 0 Å². The van der Waals surface area contributed by atoms with Gasteiger partial charge in [-0.1, -0.05) is 0 Å². The molecule has 2 rings (SSSR count).